The van der Waals surface area contributed by atoms with Gasteiger partial charge in [-0.2, -0.15) is 0 Å². The molecule has 0 aliphatic rings. The Bertz CT molecular complexity index is 499. The van der Waals surface area contributed by atoms with Crippen molar-refractivity contribution in [3.63, 3.8) is 0 Å². The zero-order chi connectivity index (χ0) is 15.7. The Morgan fingerprint density at radius 2 is 1.76 bits per heavy atom. The molecule has 1 aromatic carbocycles. The Morgan fingerprint density at radius 3 is 2.24 bits per heavy atom. The summed E-state index contributed by atoms with van der Waals surface area (Å²) in [7, 11) is 0. The largest absolute Gasteiger partial charge is 0.462 e. The predicted molar refractivity (Wildman–Crippen MR) is 83.4 cm³/mol. The third-order valence-electron chi connectivity index (χ3n) is 2.63. The fourth-order valence-corrected chi connectivity index (χ4v) is 1.66. The van der Waals surface area contributed by atoms with Crippen LogP contribution in [-0.4, -0.2) is 36.6 Å². The Hall–Kier alpha value is -2.56. The monoisotopic (exact) mass is 288 g/mol. The van der Waals surface area contributed by atoms with Crippen LogP contribution in [0.5, 0.6) is 0 Å². The van der Waals surface area contributed by atoms with Crippen LogP contribution in [0.15, 0.2) is 49.6 Å². The Balaban J connectivity index is 2.69. The van der Waals surface area contributed by atoms with Gasteiger partial charge in [0.05, 0.1) is 12.2 Å². The van der Waals surface area contributed by atoms with E-state index >= 15 is 0 Å². The molecule has 1 rings (SSSR count). The number of anilines is 1. The summed E-state index contributed by atoms with van der Waals surface area (Å²) in [6.07, 6.45) is 3.29. The third kappa shape index (κ3) is 5.14. The van der Waals surface area contributed by atoms with Gasteiger partial charge in [-0.3, -0.25) is 0 Å². The second-order valence-electron chi connectivity index (χ2n) is 4.21. The maximum Gasteiger partial charge on any atom is 0.338 e. The average molecular weight is 288 g/mol. The SMILES string of the molecule is C=CCN(CC=C)C(=O)Nc1ccc(C(=O)OCC)cc1. The summed E-state index contributed by atoms with van der Waals surface area (Å²) in [5.74, 6) is -0.379. The summed E-state index contributed by atoms with van der Waals surface area (Å²) >= 11 is 0. The Labute approximate surface area is 124 Å². The van der Waals surface area contributed by atoms with E-state index in [1.165, 1.54) is 0 Å². The minimum absolute atomic E-state index is 0.251. The number of benzene rings is 1. The molecule has 0 saturated carbocycles. The second-order valence-corrected chi connectivity index (χ2v) is 4.21. The summed E-state index contributed by atoms with van der Waals surface area (Å²) in [6.45, 7) is 10.2. The van der Waals surface area contributed by atoms with Crippen molar-refractivity contribution in [2.75, 3.05) is 25.0 Å². The molecule has 1 N–H and O–H groups in total. The summed E-state index contributed by atoms with van der Waals surface area (Å²) in [6, 6.07) is 6.28. The first-order valence-electron chi connectivity index (χ1n) is 6.67. The second kappa shape index (κ2) is 8.58. The summed E-state index contributed by atoms with van der Waals surface area (Å²) < 4.78 is 4.89. The molecule has 0 radical (unpaired) electrons. The van der Waals surface area contributed by atoms with Crippen molar-refractivity contribution in [3.05, 3.63) is 55.1 Å². The lowest BCUT2D eigenvalue weighted by atomic mass is 10.2. The van der Waals surface area contributed by atoms with Gasteiger partial charge in [-0.1, -0.05) is 12.2 Å². The van der Waals surface area contributed by atoms with Gasteiger partial charge in [0.2, 0.25) is 0 Å². The molecule has 5 nitrogen and oxygen atoms in total. The molecule has 0 aromatic heterocycles. The van der Waals surface area contributed by atoms with Crippen molar-refractivity contribution in [2.24, 2.45) is 0 Å². The van der Waals surface area contributed by atoms with Gasteiger partial charge in [-0.15, -0.1) is 13.2 Å². The number of nitrogens with zero attached hydrogens (tertiary/aromatic N) is 1. The van der Waals surface area contributed by atoms with Gasteiger partial charge in [0, 0.05) is 18.8 Å². The molecule has 21 heavy (non-hydrogen) atoms. The van der Waals surface area contributed by atoms with E-state index in [0.29, 0.717) is 30.9 Å². The van der Waals surface area contributed by atoms with Gasteiger partial charge < -0.3 is 15.0 Å². The van der Waals surface area contributed by atoms with Crippen LogP contribution in [0.25, 0.3) is 0 Å². The zero-order valence-electron chi connectivity index (χ0n) is 12.2. The molecular weight excluding hydrogens is 268 g/mol. The van der Waals surface area contributed by atoms with Crippen molar-refractivity contribution in [3.8, 4) is 0 Å². The molecule has 0 aliphatic carbocycles. The highest BCUT2D eigenvalue weighted by atomic mass is 16.5. The van der Waals surface area contributed by atoms with Crippen molar-refractivity contribution >= 4 is 17.7 Å². The molecule has 0 heterocycles. The molecule has 0 bridgehead atoms. The quantitative estimate of drug-likeness (QED) is 0.619. The zero-order valence-corrected chi connectivity index (χ0v) is 12.2. The molecule has 0 unspecified atom stereocenters. The summed E-state index contributed by atoms with van der Waals surface area (Å²) in [4.78, 5) is 25.1. The van der Waals surface area contributed by atoms with Crippen LogP contribution in [0.4, 0.5) is 10.5 Å². The van der Waals surface area contributed by atoms with E-state index in [1.807, 2.05) is 0 Å². The maximum atomic E-state index is 12.0. The smallest absolute Gasteiger partial charge is 0.338 e. The molecular formula is C16H20N2O3. The average Bonchev–Trinajstić information content (AvgIpc) is 2.48. The highest BCUT2D eigenvalue weighted by molar-refractivity contribution is 5.92. The number of hydrogen-bond acceptors (Lipinski definition) is 3. The minimum atomic E-state index is -0.379. The molecule has 2 amide bonds. The number of esters is 1. The lowest BCUT2D eigenvalue weighted by Crippen LogP contribution is -2.35. The number of hydrogen-bond donors (Lipinski definition) is 1. The summed E-state index contributed by atoms with van der Waals surface area (Å²) in [5, 5.41) is 2.75. The third-order valence-corrected chi connectivity index (χ3v) is 2.63. The van der Waals surface area contributed by atoms with Gasteiger partial charge in [0.15, 0.2) is 0 Å². The molecule has 0 aliphatic heterocycles. The molecule has 0 atom stereocenters. The van der Waals surface area contributed by atoms with E-state index in [4.69, 9.17) is 4.74 Å². The van der Waals surface area contributed by atoms with Gasteiger partial charge in [-0.25, -0.2) is 9.59 Å². The van der Waals surface area contributed by atoms with Crippen LogP contribution in [0.1, 0.15) is 17.3 Å². The lowest BCUT2D eigenvalue weighted by molar-refractivity contribution is 0.0526. The predicted octanol–water partition coefficient (Wildman–Crippen LogP) is 3.07. The number of rotatable bonds is 7. The van der Waals surface area contributed by atoms with Gasteiger partial charge in [-0.05, 0) is 31.2 Å². The van der Waals surface area contributed by atoms with Gasteiger partial charge >= 0.3 is 12.0 Å². The molecule has 1 aromatic rings. The first-order valence-corrected chi connectivity index (χ1v) is 6.67. The standard InChI is InChI=1S/C16H20N2O3/c1-4-11-18(12-5-2)16(20)17-14-9-7-13(8-10-14)15(19)21-6-3/h4-5,7-10H,1-2,6,11-12H2,3H3,(H,17,20). The van der Waals surface area contributed by atoms with Crippen LogP contribution in [0.3, 0.4) is 0 Å². The summed E-state index contributed by atoms with van der Waals surface area (Å²) in [5.41, 5.74) is 1.05. The molecule has 112 valence electrons. The van der Waals surface area contributed by atoms with E-state index < -0.39 is 0 Å². The van der Waals surface area contributed by atoms with Gasteiger partial charge in [0.1, 0.15) is 0 Å². The number of nitrogens with one attached hydrogen (secondary N) is 1. The maximum absolute atomic E-state index is 12.0. The topological polar surface area (TPSA) is 58.6 Å². The fraction of sp³-hybridized carbons (Fsp3) is 0.250. The first kappa shape index (κ1) is 16.5. The number of ether oxygens (including phenoxy) is 1. The molecule has 0 fully saturated rings. The van der Waals surface area contributed by atoms with E-state index in [-0.39, 0.29) is 12.0 Å². The van der Waals surface area contributed by atoms with E-state index in [2.05, 4.69) is 18.5 Å². The highest BCUT2D eigenvalue weighted by Gasteiger charge is 2.11. The van der Waals surface area contributed by atoms with Crippen LogP contribution < -0.4 is 5.32 Å². The van der Waals surface area contributed by atoms with Crippen LogP contribution in [0.2, 0.25) is 0 Å². The highest BCUT2D eigenvalue weighted by Crippen LogP contribution is 2.11. The van der Waals surface area contributed by atoms with Crippen molar-refractivity contribution < 1.29 is 14.3 Å². The van der Waals surface area contributed by atoms with Gasteiger partial charge in [0.25, 0.3) is 0 Å². The molecule has 0 spiro atoms. The molecule has 0 saturated heterocycles. The first-order chi connectivity index (χ1) is 10.1. The lowest BCUT2D eigenvalue weighted by Gasteiger charge is -2.19. The number of urea groups is 1. The number of carbonyl (C=O) groups excluding carboxylic acids is 2. The van der Waals surface area contributed by atoms with Crippen LogP contribution >= 0.6 is 0 Å². The van der Waals surface area contributed by atoms with Crippen molar-refractivity contribution in [2.45, 2.75) is 6.92 Å². The van der Waals surface area contributed by atoms with Crippen molar-refractivity contribution in [1.82, 2.24) is 4.90 Å². The van der Waals surface area contributed by atoms with E-state index in [1.54, 1.807) is 48.2 Å². The van der Waals surface area contributed by atoms with Crippen LogP contribution in [0, 0.1) is 0 Å². The Kier molecular flexibility index (Phi) is 6.74. The molecule has 5 heteroatoms. The Morgan fingerprint density at radius 1 is 1.19 bits per heavy atom. The van der Waals surface area contributed by atoms with Crippen molar-refractivity contribution in [1.29, 1.82) is 0 Å². The van der Waals surface area contributed by atoms with Crippen LogP contribution in [-0.2, 0) is 4.74 Å². The van der Waals surface area contributed by atoms with E-state index in [9.17, 15) is 9.59 Å². The number of amides is 2. The minimum Gasteiger partial charge on any atom is -0.462 e. The normalized spacial score (nSPS) is 9.57. The number of carbonyl (C=O) groups is 2. The van der Waals surface area contributed by atoms with E-state index in [0.717, 1.165) is 0 Å². The fourth-order valence-electron chi connectivity index (χ4n) is 1.66.